The molecule has 0 bridgehead atoms. The van der Waals surface area contributed by atoms with E-state index < -0.39 is 15.7 Å². The number of rotatable bonds is 12. The van der Waals surface area contributed by atoms with E-state index in [0.29, 0.717) is 6.42 Å². The molecule has 29 heavy (non-hydrogen) atoms. The Hall–Kier alpha value is -2.60. The number of nitrogens with zero attached hydrogens (tertiary/aromatic N) is 1. The highest BCUT2D eigenvalue weighted by Crippen LogP contribution is 2.25. The zero-order valence-corrected chi connectivity index (χ0v) is 18.3. The third-order valence-corrected chi connectivity index (χ3v) is 5.40. The van der Waals surface area contributed by atoms with Crippen LogP contribution in [0, 0.1) is 0 Å². The van der Waals surface area contributed by atoms with Crippen LogP contribution < -0.4 is 5.32 Å². The Bertz CT molecular complexity index is 899. The number of hydrogen-bond donors (Lipinski definition) is 1. The van der Waals surface area contributed by atoms with Crippen LogP contribution in [0.3, 0.4) is 0 Å². The predicted octanol–water partition coefficient (Wildman–Crippen LogP) is 4.64. The maximum atomic E-state index is 13.6. The molecule has 0 aromatic heterocycles. The standard InChI is InChI=1S/C23H31FN2O2S/c1-6-10-21(24)12-9-11-20-13-14-22(29(5,27)28)18-23(20)19(4)26(8-3)17-16-25-15-7-2/h6-7,9-10,12-15,18,25H,1,4,8,11,16-17H2,2-3,5H3/b12-9-,15-7+,21-10+. The second kappa shape index (κ2) is 12.1. The maximum Gasteiger partial charge on any atom is 0.175 e. The SMILES string of the molecule is C=C/C=C(F)\C=C/Cc1ccc(S(C)(=O)=O)cc1C(=C)N(CC)CCN/C=C/C. The molecule has 0 heterocycles. The van der Waals surface area contributed by atoms with Crippen molar-refractivity contribution in [3.63, 3.8) is 0 Å². The van der Waals surface area contributed by atoms with Gasteiger partial charge in [-0.05, 0) is 56.3 Å². The monoisotopic (exact) mass is 418 g/mol. The fraction of sp³-hybridized carbons (Fsp3) is 0.304. The average Bonchev–Trinajstić information content (AvgIpc) is 2.67. The molecule has 1 rings (SSSR count). The maximum absolute atomic E-state index is 13.6. The first-order valence-corrected chi connectivity index (χ1v) is 11.4. The molecule has 0 saturated carbocycles. The minimum absolute atomic E-state index is 0.238. The molecule has 4 nitrogen and oxygen atoms in total. The van der Waals surface area contributed by atoms with Crippen LogP contribution in [0.5, 0.6) is 0 Å². The van der Waals surface area contributed by atoms with Crippen molar-refractivity contribution in [3.8, 4) is 0 Å². The third kappa shape index (κ3) is 8.11. The van der Waals surface area contributed by atoms with Gasteiger partial charge in [-0.3, -0.25) is 0 Å². The zero-order valence-electron chi connectivity index (χ0n) is 17.5. The normalized spacial score (nSPS) is 12.5. The topological polar surface area (TPSA) is 49.4 Å². The number of likely N-dealkylation sites (N-methyl/N-ethyl adjacent to an activating group) is 1. The van der Waals surface area contributed by atoms with Gasteiger partial charge in [-0.2, -0.15) is 0 Å². The highest BCUT2D eigenvalue weighted by atomic mass is 32.2. The molecule has 0 radical (unpaired) electrons. The molecule has 0 aliphatic heterocycles. The predicted molar refractivity (Wildman–Crippen MR) is 121 cm³/mol. The minimum atomic E-state index is -3.35. The molecular weight excluding hydrogens is 387 g/mol. The van der Waals surface area contributed by atoms with Gasteiger partial charge >= 0.3 is 0 Å². The van der Waals surface area contributed by atoms with E-state index in [2.05, 4.69) is 23.4 Å². The van der Waals surface area contributed by atoms with E-state index in [1.807, 2.05) is 26.1 Å². The van der Waals surface area contributed by atoms with Gasteiger partial charge in [-0.1, -0.05) is 37.5 Å². The largest absolute Gasteiger partial charge is 0.389 e. The summed E-state index contributed by atoms with van der Waals surface area (Å²) in [6, 6.07) is 5.00. The lowest BCUT2D eigenvalue weighted by Gasteiger charge is -2.27. The lowest BCUT2D eigenvalue weighted by molar-refractivity contribution is 0.419. The van der Waals surface area contributed by atoms with Crippen molar-refractivity contribution in [2.24, 2.45) is 0 Å². The highest BCUT2D eigenvalue weighted by Gasteiger charge is 2.15. The van der Waals surface area contributed by atoms with Gasteiger partial charge in [0.25, 0.3) is 0 Å². The second-order valence-corrected chi connectivity index (χ2v) is 8.48. The molecule has 1 aromatic carbocycles. The number of nitrogens with one attached hydrogen (secondary N) is 1. The highest BCUT2D eigenvalue weighted by molar-refractivity contribution is 7.90. The molecule has 0 aliphatic rings. The Kier molecular flexibility index (Phi) is 10.2. The van der Waals surface area contributed by atoms with E-state index >= 15 is 0 Å². The summed E-state index contributed by atoms with van der Waals surface area (Å²) in [5, 5.41) is 3.19. The first-order chi connectivity index (χ1) is 13.7. The Morgan fingerprint density at radius 3 is 2.66 bits per heavy atom. The van der Waals surface area contributed by atoms with Crippen molar-refractivity contribution in [2.75, 3.05) is 25.9 Å². The summed E-state index contributed by atoms with van der Waals surface area (Å²) in [5.41, 5.74) is 2.37. The quantitative estimate of drug-likeness (QED) is 0.397. The van der Waals surface area contributed by atoms with Gasteiger partial charge in [0.15, 0.2) is 9.84 Å². The van der Waals surface area contributed by atoms with Crippen LogP contribution >= 0.6 is 0 Å². The van der Waals surface area contributed by atoms with E-state index in [0.717, 1.165) is 36.5 Å². The van der Waals surface area contributed by atoms with Crippen LogP contribution in [0.25, 0.3) is 5.70 Å². The fourth-order valence-corrected chi connectivity index (χ4v) is 3.40. The molecule has 1 aromatic rings. The van der Waals surface area contributed by atoms with Crippen molar-refractivity contribution < 1.29 is 12.8 Å². The van der Waals surface area contributed by atoms with Crippen molar-refractivity contribution in [2.45, 2.75) is 25.2 Å². The van der Waals surface area contributed by atoms with Crippen LogP contribution in [0.15, 0.2) is 78.7 Å². The smallest absolute Gasteiger partial charge is 0.175 e. The summed E-state index contributed by atoms with van der Waals surface area (Å²) < 4.78 is 37.6. The summed E-state index contributed by atoms with van der Waals surface area (Å²) in [4.78, 5) is 2.32. The number of hydrogen-bond acceptors (Lipinski definition) is 4. The van der Waals surface area contributed by atoms with Gasteiger partial charge in [-0.25, -0.2) is 12.8 Å². The molecule has 0 unspecified atom stereocenters. The lowest BCUT2D eigenvalue weighted by atomic mass is 10.0. The number of sulfone groups is 1. The van der Waals surface area contributed by atoms with Crippen molar-refractivity contribution in [3.05, 3.63) is 84.9 Å². The summed E-state index contributed by atoms with van der Waals surface area (Å²) in [6.07, 6.45) is 11.2. The Labute approximate surface area is 174 Å². The molecule has 0 fully saturated rings. The summed E-state index contributed by atoms with van der Waals surface area (Å²) >= 11 is 0. The van der Waals surface area contributed by atoms with Gasteiger partial charge in [-0.15, -0.1) is 0 Å². The summed E-state index contributed by atoms with van der Waals surface area (Å²) in [6.45, 7) is 13.8. The van der Waals surface area contributed by atoms with Crippen LogP contribution in [0.1, 0.15) is 25.0 Å². The number of halogens is 1. The summed E-state index contributed by atoms with van der Waals surface area (Å²) in [7, 11) is -3.35. The number of allylic oxidation sites excluding steroid dienone is 6. The van der Waals surface area contributed by atoms with Gasteiger partial charge in [0.05, 0.1) is 4.90 Å². The number of benzene rings is 1. The van der Waals surface area contributed by atoms with Crippen LogP contribution in [0.4, 0.5) is 4.39 Å². The molecule has 0 saturated heterocycles. The van der Waals surface area contributed by atoms with Crippen LogP contribution in [-0.4, -0.2) is 39.2 Å². The Morgan fingerprint density at radius 2 is 2.07 bits per heavy atom. The van der Waals surface area contributed by atoms with Crippen molar-refractivity contribution in [1.29, 1.82) is 0 Å². The average molecular weight is 419 g/mol. The molecule has 0 atom stereocenters. The zero-order chi connectivity index (χ0) is 21.9. The third-order valence-electron chi connectivity index (χ3n) is 4.29. The molecule has 1 N–H and O–H groups in total. The minimum Gasteiger partial charge on any atom is -0.389 e. The van der Waals surface area contributed by atoms with E-state index in [-0.39, 0.29) is 4.90 Å². The van der Waals surface area contributed by atoms with Crippen LogP contribution in [-0.2, 0) is 16.3 Å². The van der Waals surface area contributed by atoms with Gasteiger partial charge < -0.3 is 10.2 Å². The molecule has 6 heteroatoms. The van der Waals surface area contributed by atoms with E-state index in [9.17, 15) is 12.8 Å². The van der Waals surface area contributed by atoms with Crippen molar-refractivity contribution in [1.82, 2.24) is 10.2 Å². The summed E-state index contributed by atoms with van der Waals surface area (Å²) in [5.74, 6) is -0.390. The van der Waals surface area contributed by atoms with E-state index in [1.165, 1.54) is 24.5 Å². The first kappa shape index (κ1) is 24.4. The molecule has 158 valence electrons. The van der Waals surface area contributed by atoms with Crippen molar-refractivity contribution >= 4 is 15.5 Å². The molecule has 0 amide bonds. The van der Waals surface area contributed by atoms with Gasteiger partial charge in [0.1, 0.15) is 5.83 Å². The molecule has 0 aliphatic carbocycles. The lowest BCUT2D eigenvalue weighted by Crippen LogP contribution is -2.29. The second-order valence-electron chi connectivity index (χ2n) is 6.47. The van der Waals surface area contributed by atoms with Crippen LogP contribution in [0.2, 0.25) is 0 Å². The van der Waals surface area contributed by atoms with Gasteiger partial charge in [0.2, 0.25) is 0 Å². The van der Waals surface area contributed by atoms with E-state index in [4.69, 9.17) is 0 Å². The Morgan fingerprint density at radius 1 is 1.34 bits per heavy atom. The molecule has 0 spiro atoms. The molecular formula is C23H31FN2O2S. The first-order valence-electron chi connectivity index (χ1n) is 9.51. The fourth-order valence-electron chi connectivity index (χ4n) is 2.75. The Balaban J connectivity index is 3.21. The van der Waals surface area contributed by atoms with Gasteiger partial charge in [0, 0.05) is 37.2 Å². The van der Waals surface area contributed by atoms with E-state index in [1.54, 1.807) is 24.3 Å².